The Labute approximate surface area is 148 Å². The van der Waals surface area contributed by atoms with Gasteiger partial charge in [-0.25, -0.2) is 0 Å². The molecule has 7 heteroatoms. The zero-order valence-electron chi connectivity index (χ0n) is 14.9. The van der Waals surface area contributed by atoms with E-state index in [-0.39, 0.29) is 5.91 Å². The van der Waals surface area contributed by atoms with Gasteiger partial charge in [0.1, 0.15) is 0 Å². The molecule has 1 aliphatic rings. The van der Waals surface area contributed by atoms with Crippen LogP contribution in [0.4, 0.5) is 0 Å². The fourth-order valence-electron chi connectivity index (χ4n) is 3.32. The van der Waals surface area contributed by atoms with Crippen molar-refractivity contribution in [3.05, 3.63) is 41.8 Å². The summed E-state index contributed by atoms with van der Waals surface area (Å²) >= 11 is 0. The maximum absolute atomic E-state index is 12.5. The molecule has 134 valence electrons. The first kappa shape index (κ1) is 17.5. The minimum Gasteiger partial charge on any atom is -0.342 e. The van der Waals surface area contributed by atoms with E-state index < -0.39 is 0 Å². The van der Waals surface area contributed by atoms with Crippen molar-refractivity contribution in [1.29, 1.82) is 0 Å². The van der Waals surface area contributed by atoms with Gasteiger partial charge in [0.25, 0.3) is 0 Å². The molecule has 0 spiro atoms. The Hall–Kier alpha value is -2.28. The lowest BCUT2D eigenvalue weighted by atomic mass is 10.1. The summed E-state index contributed by atoms with van der Waals surface area (Å²) in [6.07, 6.45) is 6.97. The van der Waals surface area contributed by atoms with Crippen LogP contribution in [-0.4, -0.2) is 57.0 Å². The molecule has 0 bridgehead atoms. The highest BCUT2D eigenvalue weighted by Gasteiger charge is 2.24. The van der Waals surface area contributed by atoms with Gasteiger partial charge in [-0.3, -0.25) is 14.7 Å². The maximum Gasteiger partial charge on any atom is 0.227 e. The van der Waals surface area contributed by atoms with Crippen molar-refractivity contribution in [2.45, 2.75) is 45.2 Å². The number of hydrogen-bond acceptors (Lipinski definition) is 6. The van der Waals surface area contributed by atoms with Crippen molar-refractivity contribution in [2.24, 2.45) is 0 Å². The Morgan fingerprint density at radius 3 is 3.00 bits per heavy atom. The molecule has 0 N–H and O–H groups in total. The third kappa shape index (κ3) is 4.85. The van der Waals surface area contributed by atoms with Crippen LogP contribution in [-0.2, 0) is 17.8 Å². The molecule has 7 nitrogen and oxygen atoms in total. The number of pyridine rings is 1. The molecule has 0 aromatic carbocycles. The van der Waals surface area contributed by atoms with E-state index in [0.29, 0.717) is 30.7 Å². The molecular formula is C18H25N5O2. The van der Waals surface area contributed by atoms with Crippen LogP contribution >= 0.6 is 0 Å². The van der Waals surface area contributed by atoms with E-state index >= 15 is 0 Å². The molecule has 1 amide bonds. The molecule has 1 unspecified atom stereocenters. The zero-order chi connectivity index (χ0) is 17.6. The number of likely N-dealkylation sites (tertiary alicyclic amines) is 1. The summed E-state index contributed by atoms with van der Waals surface area (Å²) in [5, 5.41) is 3.97. The number of carbonyl (C=O) groups excluding carboxylic acids is 1. The average molecular weight is 343 g/mol. The number of rotatable bonds is 5. The molecule has 3 heterocycles. The van der Waals surface area contributed by atoms with Crippen molar-refractivity contribution in [1.82, 2.24) is 24.9 Å². The number of carbonyl (C=O) groups is 1. The number of aryl methyl sites for hydroxylation is 1. The zero-order valence-corrected chi connectivity index (χ0v) is 14.9. The molecular weight excluding hydrogens is 318 g/mol. The second kappa shape index (κ2) is 8.20. The van der Waals surface area contributed by atoms with Crippen LogP contribution in [0.3, 0.4) is 0 Å². The summed E-state index contributed by atoms with van der Waals surface area (Å²) in [4.78, 5) is 25.1. The highest BCUT2D eigenvalue weighted by Crippen LogP contribution is 2.18. The van der Waals surface area contributed by atoms with Crippen molar-refractivity contribution in [3.8, 4) is 0 Å². The van der Waals surface area contributed by atoms with Gasteiger partial charge in [-0.1, -0.05) is 11.2 Å². The first-order valence-electron chi connectivity index (χ1n) is 8.78. The topological polar surface area (TPSA) is 75.4 Å². The largest absolute Gasteiger partial charge is 0.342 e. The molecule has 0 aliphatic carbocycles. The van der Waals surface area contributed by atoms with Gasteiger partial charge in [0, 0.05) is 38.4 Å². The molecule has 3 rings (SSSR count). The fourth-order valence-corrected chi connectivity index (χ4v) is 3.32. The maximum atomic E-state index is 12.5. The quantitative estimate of drug-likeness (QED) is 0.824. The van der Waals surface area contributed by atoms with Crippen LogP contribution in [0.25, 0.3) is 0 Å². The normalized spacial score (nSPS) is 18.4. The van der Waals surface area contributed by atoms with E-state index in [0.717, 1.165) is 37.9 Å². The average Bonchev–Trinajstić information content (AvgIpc) is 2.86. The van der Waals surface area contributed by atoms with Gasteiger partial charge in [0.05, 0.1) is 13.0 Å². The smallest absolute Gasteiger partial charge is 0.227 e. The Bertz CT molecular complexity index is 688. The lowest BCUT2D eigenvalue weighted by Crippen LogP contribution is -2.35. The summed E-state index contributed by atoms with van der Waals surface area (Å²) in [6.45, 7) is 4.09. The number of nitrogens with zero attached hydrogens (tertiary/aromatic N) is 5. The fraction of sp³-hybridized carbons (Fsp3) is 0.556. The molecule has 0 radical (unpaired) electrons. The summed E-state index contributed by atoms with van der Waals surface area (Å²) in [5.74, 6) is 1.50. The van der Waals surface area contributed by atoms with Gasteiger partial charge < -0.3 is 9.42 Å². The number of hydrogen-bond donors (Lipinski definition) is 0. The van der Waals surface area contributed by atoms with Gasteiger partial charge in [0.2, 0.25) is 11.8 Å². The molecule has 1 saturated heterocycles. The third-order valence-corrected chi connectivity index (χ3v) is 4.71. The van der Waals surface area contributed by atoms with E-state index in [4.69, 9.17) is 4.52 Å². The van der Waals surface area contributed by atoms with Crippen LogP contribution < -0.4 is 0 Å². The van der Waals surface area contributed by atoms with Gasteiger partial charge in [0.15, 0.2) is 5.82 Å². The van der Waals surface area contributed by atoms with Crippen LogP contribution in [0.2, 0.25) is 0 Å². The lowest BCUT2D eigenvalue weighted by molar-refractivity contribution is -0.130. The van der Waals surface area contributed by atoms with Crippen LogP contribution in [0.15, 0.2) is 29.0 Å². The number of aromatic nitrogens is 3. The Morgan fingerprint density at radius 1 is 1.40 bits per heavy atom. The minimum atomic E-state index is 0.185. The lowest BCUT2D eigenvalue weighted by Gasteiger charge is -2.26. The first-order chi connectivity index (χ1) is 12.1. The standard InChI is InChI=1S/C18H25N5O2/c1-14-20-17(21-25-14)13-22(2)16-6-4-9-23(10-7-16)18(24)11-15-5-3-8-19-12-15/h3,5,8,12,16H,4,6-7,9-11,13H2,1-2H3. The van der Waals surface area contributed by atoms with Crippen LogP contribution in [0.1, 0.15) is 36.5 Å². The Kier molecular flexibility index (Phi) is 5.75. The molecule has 2 aromatic rings. The molecule has 1 fully saturated rings. The van der Waals surface area contributed by atoms with E-state index in [2.05, 4.69) is 27.1 Å². The molecule has 1 aliphatic heterocycles. The van der Waals surface area contributed by atoms with Crippen LogP contribution in [0, 0.1) is 6.92 Å². The molecule has 2 aromatic heterocycles. The number of amides is 1. The second-order valence-corrected chi connectivity index (χ2v) is 6.65. The van der Waals surface area contributed by atoms with E-state index in [1.165, 1.54) is 0 Å². The summed E-state index contributed by atoms with van der Waals surface area (Å²) in [7, 11) is 2.09. The monoisotopic (exact) mass is 343 g/mol. The molecule has 0 saturated carbocycles. The SMILES string of the molecule is Cc1nc(CN(C)C2CCCN(C(=O)Cc3cccnc3)CC2)no1. The molecule has 1 atom stereocenters. The second-order valence-electron chi connectivity index (χ2n) is 6.65. The highest BCUT2D eigenvalue weighted by atomic mass is 16.5. The summed E-state index contributed by atoms with van der Waals surface area (Å²) in [6, 6.07) is 4.25. The predicted octanol–water partition coefficient (Wildman–Crippen LogP) is 1.83. The van der Waals surface area contributed by atoms with Crippen LogP contribution in [0.5, 0.6) is 0 Å². The van der Waals surface area contributed by atoms with Gasteiger partial charge >= 0.3 is 0 Å². The van der Waals surface area contributed by atoms with Gasteiger partial charge in [-0.05, 0) is 37.9 Å². The van der Waals surface area contributed by atoms with E-state index in [1.54, 1.807) is 19.3 Å². The van der Waals surface area contributed by atoms with Crippen molar-refractivity contribution < 1.29 is 9.32 Å². The predicted molar refractivity (Wildman–Crippen MR) is 92.7 cm³/mol. The van der Waals surface area contributed by atoms with E-state index in [9.17, 15) is 4.79 Å². The molecule has 25 heavy (non-hydrogen) atoms. The minimum absolute atomic E-state index is 0.185. The van der Waals surface area contributed by atoms with Gasteiger partial charge in [-0.2, -0.15) is 4.98 Å². The summed E-state index contributed by atoms with van der Waals surface area (Å²) in [5.41, 5.74) is 0.970. The third-order valence-electron chi connectivity index (χ3n) is 4.71. The first-order valence-corrected chi connectivity index (χ1v) is 8.78. The van der Waals surface area contributed by atoms with Crippen molar-refractivity contribution in [3.63, 3.8) is 0 Å². The van der Waals surface area contributed by atoms with Crippen molar-refractivity contribution >= 4 is 5.91 Å². The Balaban J connectivity index is 1.52. The summed E-state index contributed by atoms with van der Waals surface area (Å²) < 4.78 is 5.04. The highest BCUT2D eigenvalue weighted by molar-refractivity contribution is 5.78. The van der Waals surface area contributed by atoms with Gasteiger partial charge in [-0.15, -0.1) is 0 Å². The Morgan fingerprint density at radius 2 is 2.28 bits per heavy atom. The van der Waals surface area contributed by atoms with E-state index in [1.807, 2.05) is 17.0 Å². The van der Waals surface area contributed by atoms with Crippen molar-refractivity contribution in [2.75, 3.05) is 20.1 Å².